The third-order valence-corrected chi connectivity index (χ3v) is 3.86. The zero-order chi connectivity index (χ0) is 14.4. The molecule has 0 aromatic rings. The van der Waals surface area contributed by atoms with E-state index in [-0.39, 0.29) is 0 Å². The Morgan fingerprint density at radius 3 is 2.26 bits per heavy atom. The minimum absolute atomic E-state index is 0.333. The molecule has 1 saturated carbocycles. The molecule has 1 unspecified atom stereocenters. The molecule has 3 heteroatoms. The topological polar surface area (TPSA) is 46.3 Å². The summed E-state index contributed by atoms with van der Waals surface area (Å²) in [7, 11) is 0. The predicted octanol–water partition coefficient (Wildman–Crippen LogP) is 3.03. The van der Waals surface area contributed by atoms with Gasteiger partial charge in [0.15, 0.2) is 0 Å². The smallest absolute Gasteiger partial charge is 0.223 e. The molecule has 1 aliphatic rings. The van der Waals surface area contributed by atoms with Gasteiger partial charge in [-0.2, -0.15) is 0 Å². The van der Waals surface area contributed by atoms with Crippen LogP contribution in [-0.2, 0) is 4.79 Å². The van der Waals surface area contributed by atoms with E-state index >= 15 is 0 Å². The molecule has 19 heavy (non-hydrogen) atoms. The quantitative estimate of drug-likeness (QED) is 0.698. The molecule has 3 nitrogen and oxygen atoms in total. The van der Waals surface area contributed by atoms with Gasteiger partial charge in [-0.1, -0.05) is 27.7 Å². The summed E-state index contributed by atoms with van der Waals surface area (Å²) in [5, 5.41) is 0. The lowest BCUT2D eigenvalue weighted by Gasteiger charge is -2.26. The molecular formula is C16H32N2O. The molecule has 0 bridgehead atoms. The van der Waals surface area contributed by atoms with Crippen molar-refractivity contribution >= 4 is 5.91 Å². The fraction of sp³-hybridized carbons (Fsp3) is 0.938. The molecule has 2 N–H and O–H groups in total. The van der Waals surface area contributed by atoms with E-state index in [2.05, 4.69) is 32.6 Å². The van der Waals surface area contributed by atoms with E-state index in [1.54, 1.807) is 0 Å². The first-order valence-electron chi connectivity index (χ1n) is 7.93. The Bertz CT molecular complexity index is 272. The monoisotopic (exact) mass is 268 g/mol. The number of rotatable bonds is 9. The summed E-state index contributed by atoms with van der Waals surface area (Å²) in [6.45, 7) is 10.4. The lowest BCUT2D eigenvalue weighted by molar-refractivity contribution is -0.133. The maximum absolute atomic E-state index is 12.5. The Morgan fingerprint density at radius 1 is 1.21 bits per heavy atom. The van der Waals surface area contributed by atoms with Crippen LogP contribution in [0.15, 0.2) is 0 Å². The average molecular weight is 268 g/mol. The van der Waals surface area contributed by atoms with Crippen molar-refractivity contribution in [3.63, 3.8) is 0 Å². The number of nitrogens with zero attached hydrogens (tertiary/aromatic N) is 1. The third-order valence-electron chi connectivity index (χ3n) is 3.86. The van der Waals surface area contributed by atoms with Crippen LogP contribution in [0.1, 0.15) is 59.8 Å². The van der Waals surface area contributed by atoms with Crippen LogP contribution in [0.5, 0.6) is 0 Å². The summed E-state index contributed by atoms with van der Waals surface area (Å²) in [6.07, 6.45) is 5.20. The van der Waals surface area contributed by atoms with Crippen molar-refractivity contribution in [2.45, 2.75) is 65.8 Å². The first kappa shape index (κ1) is 16.5. The second-order valence-corrected chi connectivity index (χ2v) is 6.94. The summed E-state index contributed by atoms with van der Waals surface area (Å²) in [5.74, 6) is 1.97. The van der Waals surface area contributed by atoms with Gasteiger partial charge in [-0.25, -0.2) is 0 Å². The molecule has 1 atom stereocenters. The molecule has 0 heterocycles. The van der Waals surface area contributed by atoms with Gasteiger partial charge >= 0.3 is 0 Å². The Hall–Kier alpha value is -0.570. The van der Waals surface area contributed by atoms with Crippen molar-refractivity contribution in [3.05, 3.63) is 0 Å². The maximum atomic E-state index is 12.5. The fourth-order valence-corrected chi connectivity index (χ4v) is 2.59. The van der Waals surface area contributed by atoms with Crippen molar-refractivity contribution in [3.8, 4) is 0 Å². The summed E-state index contributed by atoms with van der Waals surface area (Å²) < 4.78 is 0. The van der Waals surface area contributed by atoms with E-state index < -0.39 is 0 Å². The van der Waals surface area contributed by atoms with Crippen molar-refractivity contribution in [1.29, 1.82) is 0 Å². The minimum Gasteiger partial charge on any atom is -0.340 e. The largest absolute Gasteiger partial charge is 0.340 e. The van der Waals surface area contributed by atoms with Crippen LogP contribution in [0.3, 0.4) is 0 Å². The van der Waals surface area contributed by atoms with E-state index in [0.717, 1.165) is 19.4 Å². The summed E-state index contributed by atoms with van der Waals surface area (Å²) >= 11 is 0. The molecule has 1 fully saturated rings. The highest BCUT2D eigenvalue weighted by molar-refractivity contribution is 5.77. The van der Waals surface area contributed by atoms with E-state index in [9.17, 15) is 4.79 Å². The van der Waals surface area contributed by atoms with E-state index in [1.165, 1.54) is 12.8 Å². The molecule has 0 spiro atoms. The van der Waals surface area contributed by atoms with Crippen LogP contribution >= 0.6 is 0 Å². The molecule has 0 radical (unpaired) electrons. The van der Waals surface area contributed by atoms with Gasteiger partial charge in [0.05, 0.1) is 0 Å². The highest BCUT2D eigenvalue weighted by Gasteiger charge is 2.32. The Labute approximate surface area is 118 Å². The van der Waals surface area contributed by atoms with E-state index in [4.69, 9.17) is 5.73 Å². The van der Waals surface area contributed by atoms with Crippen molar-refractivity contribution < 1.29 is 4.79 Å². The summed E-state index contributed by atoms with van der Waals surface area (Å²) in [5.41, 5.74) is 5.81. The predicted molar refractivity (Wildman–Crippen MR) is 80.8 cm³/mol. The number of amides is 1. The molecular weight excluding hydrogens is 236 g/mol. The van der Waals surface area contributed by atoms with Crippen LogP contribution in [0.25, 0.3) is 0 Å². The van der Waals surface area contributed by atoms with Crippen LogP contribution < -0.4 is 5.73 Å². The highest BCUT2D eigenvalue weighted by atomic mass is 16.2. The number of hydrogen-bond acceptors (Lipinski definition) is 2. The third kappa shape index (κ3) is 6.42. The Kier molecular flexibility index (Phi) is 6.84. The Balaban J connectivity index is 2.46. The van der Waals surface area contributed by atoms with Crippen LogP contribution in [0.4, 0.5) is 0 Å². The van der Waals surface area contributed by atoms with E-state index in [0.29, 0.717) is 42.7 Å². The molecule has 1 aliphatic carbocycles. The molecule has 112 valence electrons. The van der Waals surface area contributed by atoms with Gasteiger partial charge in [-0.15, -0.1) is 0 Å². The highest BCUT2D eigenvalue weighted by Crippen LogP contribution is 2.29. The number of nitrogens with two attached hydrogens (primary N) is 1. The molecule has 0 saturated heterocycles. The van der Waals surface area contributed by atoms with E-state index in [1.807, 2.05) is 0 Å². The van der Waals surface area contributed by atoms with Gasteiger partial charge in [-0.3, -0.25) is 4.79 Å². The first-order chi connectivity index (χ1) is 8.93. The van der Waals surface area contributed by atoms with Crippen molar-refractivity contribution in [2.75, 3.05) is 13.1 Å². The van der Waals surface area contributed by atoms with Gasteiger partial charge < -0.3 is 10.6 Å². The van der Waals surface area contributed by atoms with Crippen LogP contribution in [0, 0.1) is 17.8 Å². The fourth-order valence-electron chi connectivity index (χ4n) is 2.59. The zero-order valence-corrected chi connectivity index (χ0v) is 13.2. The lowest BCUT2D eigenvalue weighted by atomic mass is 9.93. The van der Waals surface area contributed by atoms with Crippen LogP contribution in [-0.4, -0.2) is 29.9 Å². The molecule has 0 aromatic carbocycles. The normalized spacial score (nSPS) is 17.0. The molecule has 1 amide bonds. The summed E-state index contributed by atoms with van der Waals surface area (Å²) in [6, 6.07) is 0.531. The van der Waals surface area contributed by atoms with Gasteiger partial charge in [0.25, 0.3) is 0 Å². The second-order valence-electron chi connectivity index (χ2n) is 6.94. The maximum Gasteiger partial charge on any atom is 0.223 e. The lowest BCUT2D eigenvalue weighted by Crippen LogP contribution is -2.36. The van der Waals surface area contributed by atoms with Gasteiger partial charge in [0, 0.05) is 19.0 Å². The molecule has 0 aromatic heterocycles. The first-order valence-corrected chi connectivity index (χ1v) is 7.93. The van der Waals surface area contributed by atoms with Crippen molar-refractivity contribution in [2.24, 2.45) is 23.5 Å². The molecule has 1 rings (SSSR count). The van der Waals surface area contributed by atoms with Gasteiger partial charge in [-0.05, 0) is 50.0 Å². The zero-order valence-electron chi connectivity index (χ0n) is 13.2. The van der Waals surface area contributed by atoms with Gasteiger partial charge in [0.1, 0.15) is 0 Å². The SMILES string of the molecule is CC(C)CCN(C(=O)CC(CN)CC(C)C)C1CC1. The number of hydrogen-bond donors (Lipinski definition) is 1. The van der Waals surface area contributed by atoms with Crippen LogP contribution in [0.2, 0.25) is 0 Å². The number of carbonyl (C=O) groups is 1. The Morgan fingerprint density at radius 2 is 1.84 bits per heavy atom. The number of carbonyl (C=O) groups excluding carboxylic acids is 1. The average Bonchev–Trinajstić information content (AvgIpc) is 3.11. The second kappa shape index (κ2) is 7.88. The van der Waals surface area contributed by atoms with Gasteiger partial charge in [0.2, 0.25) is 5.91 Å². The summed E-state index contributed by atoms with van der Waals surface area (Å²) in [4.78, 5) is 14.6. The van der Waals surface area contributed by atoms with Crippen molar-refractivity contribution in [1.82, 2.24) is 4.90 Å². The minimum atomic E-state index is 0.333. The molecule has 0 aliphatic heterocycles. The standard InChI is InChI=1S/C16H32N2O/c1-12(2)7-8-18(15-5-6-15)16(19)10-14(11-17)9-13(3)4/h12-15H,5-11,17H2,1-4H3.